The molecule has 2 aromatic rings. The van der Waals surface area contributed by atoms with Crippen molar-refractivity contribution in [2.24, 2.45) is 0 Å². The molecular formula is C13H14N2S. The average Bonchev–Trinajstić information content (AvgIpc) is 2.83. The zero-order valence-electron chi connectivity index (χ0n) is 8.97. The van der Waals surface area contributed by atoms with Gasteiger partial charge >= 0.3 is 0 Å². The molecule has 0 aliphatic heterocycles. The molecule has 82 valence electrons. The van der Waals surface area contributed by atoms with Crippen molar-refractivity contribution >= 4 is 17.4 Å². The van der Waals surface area contributed by atoms with Crippen LogP contribution in [0.4, 0.5) is 0 Å². The molecule has 0 aliphatic carbocycles. The monoisotopic (exact) mass is 230 g/mol. The summed E-state index contributed by atoms with van der Waals surface area (Å²) in [6.07, 6.45) is 4.25. The van der Waals surface area contributed by atoms with E-state index >= 15 is 0 Å². The summed E-state index contributed by atoms with van der Waals surface area (Å²) in [5.41, 5.74) is 4.20. The van der Waals surface area contributed by atoms with Crippen LogP contribution >= 0.6 is 11.3 Å². The fraction of sp³-hybridized carbons (Fsp3) is 0.154. The molecule has 2 nitrogen and oxygen atoms in total. The summed E-state index contributed by atoms with van der Waals surface area (Å²) in [5, 5.41) is 5.38. The van der Waals surface area contributed by atoms with E-state index in [-0.39, 0.29) is 0 Å². The highest BCUT2D eigenvalue weighted by atomic mass is 32.1. The first-order valence-corrected chi connectivity index (χ1v) is 6.19. The van der Waals surface area contributed by atoms with Gasteiger partial charge in [0.2, 0.25) is 0 Å². The lowest BCUT2D eigenvalue weighted by molar-refractivity contribution is 0.746. The van der Waals surface area contributed by atoms with Gasteiger partial charge in [-0.1, -0.05) is 42.5 Å². The molecule has 1 N–H and O–H groups in total. The second-order valence-corrected chi connectivity index (χ2v) is 4.14. The summed E-state index contributed by atoms with van der Waals surface area (Å²) in [6.45, 7) is 1.70. The fourth-order valence-corrected chi connectivity index (χ4v) is 1.93. The molecule has 0 aliphatic rings. The Balaban J connectivity index is 1.70. The first-order chi connectivity index (χ1) is 7.95. The van der Waals surface area contributed by atoms with Crippen LogP contribution in [0.2, 0.25) is 0 Å². The van der Waals surface area contributed by atoms with Crippen molar-refractivity contribution in [3.63, 3.8) is 0 Å². The minimum Gasteiger partial charge on any atom is -0.308 e. The van der Waals surface area contributed by atoms with Crippen LogP contribution in [0, 0.1) is 0 Å². The molecule has 0 fully saturated rings. The quantitative estimate of drug-likeness (QED) is 0.799. The predicted octanol–water partition coefficient (Wildman–Crippen LogP) is 2.95. The summed E-state index contributed by atoms with van der Waals surface area (Å²) < 4.78 is 0. The van der Waals surface area contributed by atoms with Crippen LogP contribution in [0.5, 0.6) is 0 Å². The average molecular weight is 230 g/mol. The van der Waals surface area contributed by atoms with Crippen molar-refractivity contribution in [1.82, 2.24) is 10.3 Å². The molecule has 2 rings (SSSR count). The molecule has 3 heteroatoms. The molecule has 16 heavy (non-hydrogen) atoms. The number of benzene rings is 1. The zero-order chi connectivity index (χ0) is 11.1. The maximum absolute atomic E-state index is 4.20. The smallest absolute Gasteiger partial charge is 0.0795 e. The van der Waals surface area contributed by atoms with Gasteiger partial charge in [-0.15, -0.1) is 11.3 Å². The Kier molecular flexibility index (Phi) is 4.28. The second-order valence-electron chi connectivity index (χ2n) is 3.42. The maximum atomic E-state index is 4.20. The van der Waals surface area contributed by atoms with Crippen molar-refractivity contribution in [3.8, 4) is 0 Å². The van der Waals surface area contributed by atoms with Gasteiger partial charge in [0, 0.05) is 18.5 Å². The van der Waals surface area contributed by atoms with E-state index in [0.29, 0.717) is 0 Å². The van der Waals surface area contributed by atoms with Crippen molar-refractivity contribution in [2.75, 3.05) is 6.54 Å². The molecule has 1 aromatic carbocycles. The van der Waals surface area contributed by atoms with E-state index < -0.39 is 0 Å². The fourth-order valence-electron chi connectivity index (χ4n) is 1.37. The van der Waals surface area contributed by atoms with Crippen molar-refractivity contribution in [3.05, 3.63) is 58.6 Å². The van der Waals surface area contributed by atoms with Crippen molar-refractivity contribution < 1.29 is 0 Å². The topological polar surface area (TPSA) is 24.9 Å². The molecule has 0 saturated carbocycles. The van der Waals surface area contributed by atoms with Gasteiger partial charge in [0.05, 0.1) is 11.2 Å². The highest BCUT2D eigenvalue weighted by molar-refractivity contribution is 7.07. The summed E-state index contributed by atoms with van der Waals surface area (Å²) in [5.74, 6) is 0. The van der Waals surface area contributed by atoms with Crippen LogP contribution in [-0.4, -0.2) is 11.5 Å². The molecule has 0 spiro atoms. The highest BCUT2D eigenvalue weighted by Crippen LogP contribution is 2.01. The van der Waals surface area contributed by atoms with Gasteiger partial charge in [0.1, 0.15) is 0 Å². The Morgan fingerprint density at radius 1 is 1.25 bits per heavy atom. The number of hydrogen-bond donors (Lipinski definition) is 1. The van der Waals surface area contributed by atoms with E-state index in [1.807, 2.05) is 23.7 Å². The van der Waals surface area contributed by atoms with Crippen LogP contribution in [0.1, 0.15) is 11.3 Å². The lowest BCUT2D eigenvalue weighted by Crippen LogP contribution is -2.12. The maximum Gasteiger partial charge on any atom is 0.0795 e. The van der Waals surface area contributed by atoms with E-state index in [1.165, 1.54) is 5.56 Å². The minimum absolute atomic E-state index is 0.836. The molecule has 1 aromatic heterocycles. The standard InChI is InChI=1S/C13H14N2S/c1-2-5-12(6-3-1)7-4-8-14-9-13-10-16-11-15-13/h1-7,10-11,14H,8-9H2/b7-4+. The molecular weight excluding hydrogens is 216 g/mol. The number of hydrogen-bond acceptors (Lipinski definition) is 3. The Hall–Kier alpha value is -1.45. The van der Waals surface area contributed by atoms with Gasteiger partial charge in [-0.05, 0) is 5.56 Å². The van der Waals surface area contributed by atoms with Gasteiger partial charge < -0.3 is 5.32 Å². The van der Waals surface area contributed by atoms with Crippen LogP contribution in [0.15, 0.2) is 47.3 Å². The number of thiazole rings is 1. The van der Waals surface area contributed by atoms with Gasteiger partial charge in [0.25, 0.3) is 0 Å². The molecule has 0 bridgehead atoms. The number of nitrogens with one attached hydrogen (secondary N) is 1. The van der Waals surface area contributed by atoms with Gasteiger partial charge in [-0.25, -0.2) is 4.98 Å². The van der Waals surface area contributed by atoms with Crippen LogP contribution in [0.25, 0.3) is 6.08 Å². The Bertz CT molecular complexity index is 420. The Morgan fingerprint density at radius 2 is 2.12 bits per heavy atom. The molecule has 0 amide bonds. The van der Waals surface area contributed by atoms with E-state index in [1.54, 1.807) is 11.3 Å². The first-order valence-electron chi connectivity index (χ1n) is 5.24. The third-order valence-corrected chi connectivity index (χ3v) is 2.80. The SMILES string of the molecule is C(=C\c1ccccc1)/CNCc1cscn1. The van der Waals surface area contributed by atoms with E-state index in [2.05, 4.69) is 40.0 Å². The van der Waals surface area contributed by atoms with Crippen molar-refractivity contribution in [1.29, 1.82) is 0 Å². The number of rotatable bonds is 5. The predicted molar refractivity (Wildman–Crippen MR) is 69.3 cm³/mol. The normalized spacial score (nSPS) is 11.0. The summed E-state index contributed by atoms with van der Waals surface area (Å²) in [4.78, 5) is 4.20. The second kappa shape index (κ2) is 6.20. The van der Waals surface area contributed by atoms with E-state index in [4.69, 9.17) is 0 Å². The molecule has 0 saturated heterocycles. The van der Waals surface area contributed by atoms with Crippen molar-refractivity contribution in [2.45, 2.75) is 6.54 Å². The first kappa shape index (κ1) is 11.0. The molecule has 0 radical (unpaired) electrons. The summed E-state index contributed by atoms with van der Waals surface area (Å²) in [7, 11) is 0. The Morgan fingerprint density at radius 3 is 2.88 bits per heavy atom. The highest BCUT2D eigenvalue weighted by Gasteiger charge is 1.91. The zero-order valence-corrected chi connectivity index (χ0v) is 9.78. The lowest BCUT2D eigenvalue weighted by Gasteiger charge is -1.97. The molecule has 0 unspecified atom stereocenters. The van der Waals surface area contributed by atoms with Crippen LogP contribution in [-0.2, 0) is 6.54 Å². The third-order valence-electron chi connectivity index (χ3n) is 2.16. The summed E-state index contributed by atoms with van der Waals surface area (Å²) in [6, 6.07) is 10.3. The largest absolute Gasteiger partial charge is 0.308 e. The van der Waals surface area contributed by atoms with Gasteiger partial charge in [-0.3, -0.25) is 0 Å². The van der Waals surface area contributed by atoms with Crippen LogP contribution in [0.3, 0.4) is 0 Å². The third kappa shape index (κ3) is 3.61. The van der Waals surface area contributed by atoms with E-state index in [9.17, 15) is 0 Å². The Labute approximate surface area is 99.7 Å². The number of nitrogens with zero attached hydrogens (tertiary/aromatic N) is 1. The minimum atomic E-state index is 0.836. The lowest BCUT2D eigenvalue weighted by atomic mass is 10.2. The van der Waals surface area contributed by atoms with Gasteiger partial charge in [-0.2, -0.15) is 0 Å². The number of aromatic nitrogens is 1. The van der Waals surface area contributed by atoms with Crippen LogP contribution < -0.4 is 5.32 Å². The van der Waals surface area contributed by atoms with Gasteiger partial charge in [0.15, 0.2) is 0 Å². The summed E-state index contributed by atoms with van der Waals surface area (Å²) >= 11 is 1.63. The molecule has 0 atom stereocenters. The van der Waals surface area contributed by atoms with E-state index in [0.717, 1.165) is 18.8 Å². The molecule has 1 heterocycles.